The van der Waals surface area contributed by atoms with Crippen LogP contribution in [0.15, 0.2) is 34.7 Å². The molecule has 3 nitrogen and oxygen atoms in total. The number of benzene rings is 1. The summed E-state index contributed by atoms with van der Waals surface area (Å²) >= 11 is 6.04. The van der Waals surface area contributed by atoms with Gasteiger partial charge in [0.2, 0.25) is 0 Å². The van der Waals surface area contributed by atoms with Gasteiger partial charge in [0.05, 0.1) is 11.6 Å². The number of aromatic hydroxyl groups is 1. The van der Waals surface area contributed by atoms with Gasteiger partial charge in [-0.15, -0.1) is 0 Å². The summed E-state index contributed by atoms with van der Waals surface area (Å²) in [7, 11) is 1.98. The van der Waals surface area contributed by atoms with Gasteiger partial charge >= 0.3 is 0 Å². The predicted octanol–water partition coefficient (Wildman–Crippen LogP) is 3.58. The van der Waals surface area contributed by atoms with Crippen molar-refractivity contribution in [2.24, 2.45) is 0 Å². The fraction of sp³-hybridized carbons (Fsp3) is 0.286. The van der Waals surface area contributed by atoms with Gasteiger partial charge in [-0.2, -0.15) is 0 Å². The molecule has 1 heterocycles. The number of phenolic OH excluding ortho intramolecular Hbond substituents is 1. The Labute approximate surface area is 112 Å². The van der Waals surface area contributed by atoms with Crippen LogP contribution < -0.4 is 0 Å². The van der Waals surface area contributed by atoms with Gasteiger partial charge in [-0.3, -0.25) is 4.90 Å². The highest BCUT2D eigenvalue weighted by molar-refractivity contribution is 6.32. The van der Waals surface area contributed by atoms with Gasteiger partial charge < -0.3 is 9.52 Å². The normalized spacial score (nSPS) is 11.1. The molecule has 1 aromatic heterocycles. The van der Waals surface area contributed by atoms with Crippen LogP contribution in [0.2, 0.25) is 5.02 Å². The van der Waals surface area contributed by atoms with Gasteiger partial charge in [-0.05, 0) is 37.7 Å². The van der Waals surface area contributed by atoms with Gasteiger partial charge in [0.1, 0.15) is 17.3 Å². The molecule has 0 aliphatic rings. The van der Waals surface area contributed by atoms with Crippen molar-refractivity contribution in [3.63, 3.8) is 0 Å². The number of aryl methyl sites for hydroxylation is 1. The van der Waals surface area contributed by atoms with Crippen LogP contribution in [0.3, 0.4) is 0 Å². The number of halogens is 1. The van der Waals surface area contributed by atoms with Gasteiger partial charge in [0.25, 0.3) is 0 Å². The van der Waals surface area contributed by atoms with E-state index >= 15 is 0 Å². The molecular weight excluding hydrogens is 250 g/mol. The van der Waals surface area contributed by atoms with E-state index in [-0.39, 0.29) is 5.75 Å². The average Bonchev–Trinajstić information content (AvgIpc) is 2.70. The number of phenols is 1. The first kappa shape index (κ1) is 13.0. The van der Waals surface area contributed by atoms with E-state index in [1.54, 1.807) is 12.1 Å². The third-order valence-electron chi connectivity index (χ3n) is 2.72. The largest absolute Gasteiger partial charge is 0.506 e. The molecule has 0 bridgehead atoms. The molecule has 18 heavy (non-hydrogen) atoms. The predicted molar refractivity (Wildman–Crippen MR) is 71.7 cm³/mol. The van der Waals surface area contributed by atoms with E-state index in [2.05, 4.69) is 4.90 Å². The van der Waals surface area contributed by atoms with E-state index in [0.29, 0.717) is 18.1 Å². The Morgan fingerprint density at radius 2 is 2.00 bits per heavy atom. The summed E-state index contributed by atoms with van der Waals surface area (Å²) in [4.78, 5) is 2.08. The lowest BCUT2D eigenvalue weighted by molar-refractivity contribution is 0.285. The van der Waals surface area contributed by atoms with E-state index in [9.17, 15) is 5.11 Å². The minimum Gasteiger partial charge on any atom is -0.506 e. The maximum atomic E-state index is 9.54. The van der Waals surface area contributed by atoms with Crippen LogP contribution in [0.25, 0.3) is 0 Å². The van der Waals surface area contributed by atoms with E-state index in [1.165, 1.54) is 0 Å². The van der Waals surface area contributed by atoms with Crippen molar-refractivity contribution >= 4 is 11.6 Å². The summed E-state index contributed by atoms with van der Waals surface area (Å²) in [5.74, 6) is 1.96. The molecule has 1 N–H and O–H groups in total. The first-order valence-corrected chi connectivity index (χ1v) is 6.14. The Hall–Kier alpha value is -1.45. The molecule has 2 aromatic rings. The Morgan fingerprint density at radius 3 is 2.67 bits per heavy atom. The second kappa shape index (κ2) is 5.46. The molecule has 0 aliphatic carbocycles. The minimum atomic E-state index is 0.122. The van der Waals surface area contributed by atoms with Crippen molar-refractivity contribution in [3.05, 3.63) is 52.4 Å². The van der Waals surface area contributed by atoms with Crippen LogP contribution >= 0.6 is 11.6 Å². The van der Waals surface area contributed by atoms with Crippen LogP contribution in [0.5, 0.6) is 5.75 Å². The van der Waals surface area contributed by atoms with Crippen LogP contribution in [-0.4, -0.2) is 17.1 Å². The summed E-state index contributed by atoms with van der Waals surface area (Å²) in [6.07, 6.45) is 0. The zero-order valence-corrected chi connectivity index (χ0v) is 11.2. The quantitative estimate of drug-likeness (QED) is 0.918. The Morgan fingerprint density at radius 1 is 1.22 bits per heavy atom. The number of rotatable bonds is 4. The molecule has 0 radical (unpaired) electrons. The maximum absolute atomic E-state index is 9.54. The van der Waals surface area contributed by atoms with E-state index in [0.717, 1.165) is 17.1 Å². The molecule has 96 valence electrons. The molecule has 4 heteroatoms. The monoisotopic (exact) mass is 265 g/mol. The van der Waals surface area contributed by atoms with Crippen molar-refractivity contribution in [1.29, 1.82) is 0 Å². The first-order valence-electron chi connectivity index (χ1n) is 5.76. The summed E-state index contributed by atoms with van der Waals surface area (Å²) in [6.45, 7) is 3.29. The zero-order chi connectivity index (χ0) is 13.1. The standard InChI is InChI=1S/C14H16ClNO2/c1-10-6-7-12(18-10)9-16(2)8-11-4-3-5-13(17)14(11)15/h3-7,17H,8-9H2,1-2H3. The number of hydrogen-bond donors (Lipinski definition) is 1. The van der Waals surface area contributed by atoms with Crippen molar-refractivity contribution in [3.8, 4) is 5.75 Å². The molecule has 0 saturated heterocycles. The molecular formula is C14H16ClNO2. The Kier molecular flexibility index (Phi) is 3.94. The van der Waals surface area contributed by atoms with Crippen LogP contribution in [0.1, 0.15) is 17.1 Å². The average molecular weight is 266 g/mol. The lowest BCUT2D eigenvalue weighted by Gasteiger charge is -2.16. The second-order valence-corrected chi connectivity index (χ2v) is 4.81. The Balaban J connectivity index is 2.03. The Bertz CT molecular complexity index is 536. The van der Waals surface area contributed by atoms with Gasteiger partial charge in [-0.25, -0.2) is 0 Å². The van der Waals surface area contributed by atoms with Gasteiger partial charge in [0, 0.05) is 6.54 Å². The highest BCUT2D eigenvalue weighted by Crippen LogP contribution is 2.27. The van der Waals surface area contributed by atoms with Gasteiger partial charge in [-0.1, -0.05) is 23.7 Å². The summed E-state index contributed by atoms with van der Waals surface area (Å²) in [5, 5.41) is 9.95. The summed E-state index contributed by atoms with van der Waals surface area (Å²) < 4.78 is 5.52. The molecule has 2 rings (SSSR count). The van der Waals surface area contributed by atoms with Crippen LogP contribution in [-0.2, 0) is 13.1 Å². The maximum Gasteiger partial charge on any atom is 0.134 e. The molecule has 0 amide bonds. The molecule has 0 fully saturated rings. The first-order chi connectivity index (χ1) is 8.56. The van der Waals surface area contributed by atoms with Crippen molar-refractivity contribution in [2.45, 2.75) is 20.0 Å². The lowest BCUT2D eigenvalue weighted by atomic mass is 10.2. The SMILES string of the molecule is Cc1ccc(CN(C)Cc2cccc(O)c2Cl)o1. The minimum absolute atomic E-state index is 0.122. The van der Waals surface area contributed by atoms with Crippen molar-refractivity contribution in [2.75, 3.05) is 7.05 Å². The summed E-state index contributed by atoms with van der Waals surface area (Å²) in [6, 6.07) is 9.20. The topological polar surface area (TPSA) is 36.6 Å². The number of furan rings is 1. The molecule has 1 aromatic carbocycles. The molecule has 0 unspecified atom stereocenters. The fourth-order valence-corrected chi connectivity index (χ4v) is 2.06. The van der Waals surface area contributed by atoms with Crippen LogP contribution in [0.4, 0.5) is 0 Å². The van der Waals surface area contributed by atoms with Crippen LogP contribution in [0, 0.1) is 6.92 Å². The molecule has 0 atom stereocenters. The summed E-state index contributed by atoms with van der Waals surface area (Å²) in [5.41, 5.74) is 0.905. The second-order valence-electron chi connectivity index (χ2n) is 4.43. The zero-order valence-electron chi connectivity index (χ0n) is 10.5. The van der Waals surface area contributed by atoms with Crippen molar-refractivity contribution in [1.82, 2.24) is 4.90 Å². The van der Waals surface area contributed by atoms with E-state index in [4.69, 9.17) is 16.0 Å². The third-order valence-corrected chi connectivity index (χ3v) is 3.16. The highest BCUT2D eigenvalue weighted by atomic mass is 35.5. The van der Waals surface area contributed by atoms with E-state index in [1.807, 2.05) is 32.2 Å². The van der Waals surface area contributed by atoms with Crippen molar-refractivity contribution < 1.29 is 9.52 Å². The molecule has 0 spiro atoms. The number of hydrogen-bond acceptors (Lipinski definition) is 3. The molecule has 0 saturated carbocycles. The number of nitrogens with zero attached hydrogens (tertiary/aromatic N) is 1. The lowest BCUT2D eigenvalue weighted by Crippen LogP contribution is -2.17. The third kappa shape index (κ3) is 3.06. The molecule has 0 aliphatic heterocycles. The smallest absolute Gasteiger partial charge is 0.134 e. The van der Waals surface area contributed by atoms with Gasteiger partial charge in [0.15, 0.2) is 0 Å². The van der Waals surface area contributed by atoms with E-state index < -0.39 is 0 Å². The highest BCUT2D eigenvalue weighted by Gasteiger charge is 2.09. The fourth-order valence-electron chi connectivity index (χ4n) is 1.87.